The number of nitrogens with one attached hydrogen (secondary N) is 1. The molecule has 0 amide bonds. The Bertz CT molecular complexity index is 233. The summed E-state index contributed by atoms with van der Waals surface area (Å²) in [7, 11) is 2.23. The fraction of sp³-hybridized carbons (Fsp3) is 1.00. The highest BCUT2D eigenvalue weighted by Crippen LogP contribution is 2.27. The van der Waals surface area contributed by atoms with E-state index in [4.69, 9.17) is 0 Å². The minimum absolute atomic E-state index is 0.0318. The number of nitrogens with zero attached hydrogens (tertiary/aromatic N) is 1. The van der Waals surface area contributed by atoms with Gasteiger partial charge < -0.3 is 15.3 Å². The van der Waals surface area contributed by atoms with Crippen molar-refractivity contribution in [2.24, 2.45) is 0 Å². The van der Waals surface area contributed by atoms with Crippen LogP contribution in [0.2, 0.25) is 0 Å². The molecule has 1 rings (SSSR count). The van der Waals surface area contributed by atoms with Gasteiger partial charge in [-0.1, -0.05) is 20.8 Å². The van der Waals surface area contributed by atoms with Gasteiger partial charge in [0.05, 0.1) is 6.61 Å². The Hall–Kier alpha value is -0.120. The summed E-state index contributed by atoms with van der Waals surface area (Å²) in [4.78, 5) is 2.48. The lowest BCUT2D eigenvalue weighted by molar-refractivity contribution is 0.133. The van der Waals surface area contributed by atoms with Gasteiger partial charge >= 0.3 is 0 Å². The summed E-state index contributed by atoms with van der Waals surface area (Å²) in [6.07, 6.45) is 8.31. The standard InChI is InChI=1S/C16H34N2O/c1-5-15(6-2)18(4)12-8-11-16(7-3,13-19)17-14-9-10-14/h14-15,17,19H,5-13H2,1-4H3. The summed E-state index contributed by atoms with van der Waals surface area (Å²) in [6, 6.07) is 1.38. The van der Waals surface area contributed by atoms with Gasteiger partial charge in [0.1, 0.15) is 0 Å². The fourth-order valence-electron chi connectivity index (χ4n) is 3.01. The molecule has 1 aliphatic carbocycles. The molecule has 0 bridgehead atoms. The molecule has 0 radical (unpaired) electrons. The zero-order valence-electron chi connectivity index (χ0n) is 13.4. The molecule has 3 nitrogen and oxygen atoms in total. The summed E-state index contributed by atoms with van der Waals surface area (Å²) in [6.45, 7) is 8.14. The van der Waals surface area contributed by atoms with Crippen LogP contribution >= 0.6 is 0 Å². The van der Waals surface area contributed by atoms with Crippen molar-refractivity contribution in [3.8, 4) is 0 Å². The predicted octanol–water partition coefficient (Wildman–Crippen LogP) is 2.78. The van der Waals surface area contributed by atoms with Crippen molar-refractivity contribution < 1.29 is 5.11 Å². The second-order valence-electron chi connectivity index (χ2n) is 6.27. The largest absolute Gasteiger partial charge is 0.394 e. The van der Waals surface area contributed by atoms with E-state index in [0.717, 1.165) is 19.4 Å². The van der Waals surface area contributed by atoms with Crippen LogP contribution < -0.4 is 5.32 Å². The molecule has 0 aromatic heterocycles. The smallest absolute Gasteiger partial charge is 0.0613 e. The molecule has 1 fully saturated rings. The Morgan fingerprint density at radius 1 is 1.26 bits per heavy atom. The first-order valence-electron chi connectivity index (χ1n) is 8.19. The van der Waals surface area contributed by atoms with Gasteiger partial charge in [-0.3, -0.25) is 0 Å². The van der Waals surface area contributed by atoms with Gasteiger partial charge in [0.15, 0.2) is 0 Å². The van der Waals surface area contributed by atoms with Crippen LogP contribution in [0.1, 0.15) is 65.7 Å². The molecule has 3 heteroatoms. The number of hydrogen-bond acceptors (Lipinski definition) is 3. The zero-order chi connectivity index (χ0) is 14.3. The Balaban J connectivity index is 2.34. The van der Waals surface area contributed by atoms with Gasteiger partial charge in [0, 0.05) is 17.6 Å². The van der Waals surface area contributed by atoms with E-state index in [1.165, 1.54) is 32.1 Å². The topological polar surface area (TPSA) is 35.5 Å². The second kappa shape index (κ2) is 8.23. The second-order valence-corrected chi connectivity index (χ2v) is 6.27. The van der Waals surface area contributed by atoms with Crippen molar-refractivity contribution in [2.45, 2.75) is 83.3 Å². The van der Waals surface area contributed by atoms with Crippen LogP contribution in [-0.2, 0) is 0 Å². The van der Waals surface area contributed by atoms with Crippen molar-refractivity contribution >= 4 is 0 Å². The highest BCUT2D eigenvalue weighted by molar-refractivity contribution is 4.94. The quantitative estimate of drug-likeness (QED) is 0.606. The summed E-state index contributed by atoms with van der Waals surface area (Å²) < 4.78 is 0. The zero-order valence-corrected chi connectivity index (χ0v) is 13.4. The molecule has 0 aliphatic heterocycles. The van der Waals surface area contributed by atoms with Gasteiger partial charge in [-0.15, -0.1) is 0 Å². The first kappa shape index (κ1) is 16.9. The van der Waals surface area contributed by atoms with E-state index >= 15 is 0 Å². The molecule has 114 valence electrons. The molecule has 0 saturated heterocycles. The van der Waals surface area contributed by atoms with Crippen LogP contribution in [0.15, 0.2) is 0 Å². The minimum Gasteiger partial charge on any atom is -0.394 e. The highest BCUT2D eigenvalue weighted by Gasteiger charge is 2.34. The number of aliphatic hydroxyl groups is 1. The summed E-state index contributed by atoms with van der Waals surface area (Å²) in [5.74, 6) is 0. The van der Waals surface area contributed by atoms with Crippen molar-refractivity contribution in [3.63, 3.8) is 0 Å². The fourth-order valence-corrected chi connectivity index (χ4v) is 3.01. The van der Waals surface area contributed by atoms with Crippen molar-refractivity contribution in [2.75, 3.05) is 20.2 Å². The van der Waals surface area contributed by atoms with E-state index in [1.54, 1.807) is 0 Å². The Labute approximate surface area is 119 Å². The van der Waals surface area contributed by atoms with Crippen molar-refractivity contribution in [1.29, 1.82) is 0 Å². The average molecular weight is 270 g/mol. The predicted molar refractivity (Wildman–Crippen MR) is 82.5 cm³/mol. The molecule has 0 spiro atoms. The molecule has 1 saturated carbocycles. The lowest BCUT2D eigenvalue weighted by Gasteiger charge is -2.34. The van der Waals surface area contributed by atoms with Gasteiger partial charge in [-0.05, 0) is 58.5 Å². The maximum Gasteiger partial charge on any atom is 0.0613 e. The minimum atomic E-state index is -0.0318. The van der Waals surface area contributed by atoms with Gasteiger partial charge in [-0.25, -0.2) is 0 Å². The average Bonchev–Trinajstić information content (AvgIpc) is 3.23. The molecule has 1 atom stereocenters. The molecule has 0 heterocycles. The number of aliphatic hydroxyl groups excluding tert-OH is 1. The van der Waals surface area contributed by atoms with E-state index in [-0.39, 0.29) is 12.1 Å². The normalized spacial score (nSPS) is 19.1. The molecular weight excluding hydrogens is 236 g/mol. The van der Waals surface area contributed by atoms with Crippen molar-refractivity contribution in [3.05, 3.63) is 0 Å². The Kier molecular flexibility index (Phi) is 7.33. The maximum atomic E-state index is 9.74. The SMILES string of the molecule is CCC(CC)N(C)CCCC(CC)(CO)NC1CC1. The van der Waals surface area contributed by atoms with E-state index in [0.29, 0.717) is 12.1 Å². The third-order valence-electron chi connectivity index (χ3n) is 4.80. The monoisotopic (exact) mass is 270 g/mol. The summed E-state index contributed by atoms with van der Waals surface area (Å²) in [5, 5.41) is 13.4. The third-order valence-corrected chi connectivity index (χ3v) is 4.80. The molecule has 0 aromatic rings. The van der Waals surface area contributed by atoms with Crippen LogP contribution in [0.4, 0.5) is 0 Å². The Morgan fingerprint density at radius 2 is 1.89 bits per heavy atom. The van der Waals surface area contributed by atoms with Gasteiger partial charge in [-0.2, -0.15) is 0 Å². The molecule has 1 unspecified atom stereocenters. The molecule has 2 N–H and O–H groups in total. The van der Waals surface area contributed by atoms with Gasteiger partial charge in [0.2, 0.25) is 0 Å². The first-order valence-corrected chi connectivity index (χ1v) is 8.19. The lowest BCUT2D eigenvalue weighted by atomic mass is 9.90. The molecule has 1 aliphatic rings. The Morgan fingerprint density at radius 3 is 2.32 bits per heavy atom. The van der Waals surface area contributed by atoms with Crippen molar-refractivity contribution in [1.82, 2.24) is 10.2 Å². The van der Waals surface area contributed by atoms with Crippen LogP contribution in [-0.4, -0.2) is 47.8 Å². The van der Waals surface area contributed by atoms with Crippen LogP contribution in [0.3, 0.4) is 0 Å². The van der Waals surface area contributed by atoms with E-state index in [2.05, 4.69) is 38.0 Å². The van der Waals surface area contributed by atoms with Gasteiger partial charge in [0.25, 0.3) is 0 Å². The third kappa shape index (κ3) is 5.41. The van der Waals surface area contributed by atoms with Crippen LogP contribution in [0, 0.1) is 0 Å². The number of hydrogen-bond donors (Lipinski definition) is 2. The molecular formula is C16H34N2O. The van der Waals surface area contributed by atoms with E-state index in [9.17, 15) is 5.11 Å². The van der Waals surface area contributed by atoms with E-state index in [1.807, 2.05) is 0 Å². The molecule has 0 aromatic carbocycles. The van der Waals surface area contributed by atoms with E-state index < -0.39 is 0 Å². The summed E-state index contributed by atoms with van der Waals surface area (Å²) >= 11 is 0. The maximum absolute atomic E-state index is 9.74. The number of rotatable bonds is 11. The van der Waals surface area contributed by atoms with Crippen LogP contribution in [0.25, 0.3) is 0 Å². The van der Waals surface area contributed by atoms with Crippen LogP contribution in [0.5, 0.6) is 0 Å². The lowest BCUT2D eigenvalue weighted by Crippen LogP contribution is -2.49. The summed E-state index contributed by atoms with van der Waals surface area (Å²) in [5.41, 5.74) is -0.0318. The first-order chi connectivity index (χ1) is 9.10. The highest BCUT2D eigenvalue weighted by atomic mass is 16.3. The molecule has 19 heavy (non-hydrogen) atoms.